The molecule has 0 N–H and O–H groups in total. The van der Waals surface area contributed by atoms with Crippen LogP contribution in [-0.4, -0.2) is 9.78 Å². The molecule has 36 heavy (non-hydrogen) atoms. The largest absolute Gasteiger partial charge is 0.315 e. The Balaban J connectivity index is 1.90. The van der Waals surface area contributed by atoms with Crippen molar-refractivity contribution in [1.82, 2.24) is 9.78 Å². The van der Waals surface area contributed by atoms with Gasteiger partial charge in [0, 0.05) is 15.9 Å². The van der Waals surface area contributed by atoms with Gasteiger partial charge in [0.1, 0.15) is 11.1 Å². The van der Waals surface area contributed by atoms with Crippen LogP contribution in [0.2, 0.25) is 0 Å². The lowest BCUT2D eigenvalue weighted by molar-refractivity contribution is -0.469. The van der Waals surface area contributed by atoms with Crippen LogP contribution in [0.5, 0.6) is 0 Å². The molecule has 3 heterocycles. The zero-order chi connectivity index (χ0) is 25.6. The second kappa shape index (κ2) is 7.41. The number of benzene rings is 3. The molecule has 0 spiro atoms. The molecule has 0 saturated heterocycles. The number of rotatable bonds is 2. The zero-order valence-electron chi connectivity index (χ0n) is 23.0. The van der Waals surface area contributed by atoms with Crippen LogP contribution in [0.1, 0.15) is 78.0 Å². The van der Waals surface area contributed by atoms with Crippen molar-refractivity contribution in [3.05, 3.63) is 77.4 Å². The quantitative estimate of drug-likeness (QED) is 0.187. The van der Waals surface area contributed by atoms with E-state index >= 15 is 0 Å². The minimum Gasteiger partial charge on any atom is -0.189 e. The molecule has 6 rings (SSSR count). The summed E-state index contributed by atoms with van der Waals surface area (Å²) in [6.07, 6.45) is 2.07. The summed E-state index contributed by atoms with van der Waals surface area (Å²) in [7, 11) is 0. The van der Waals surface area contributed by atoms with E-state index in [-0.39, 0.29) is 16.4 Å². The van der Waals surface area contributed by atoms with Crippen molar-refractivity contribution in [1.29, 1.82) is 0 Å². The first-order valence-corrected chi connectivity index (χ1v) is 13.5. The number of nitrogens with zero attached hydrogens (tertiary/aromatic N) is 3. The lowest BCUT2D eigenvalue weighted by Gasteiger charge is -2.46. The summed E-state index contributed by atoms with van der Waals surface area (Å²) in [5.41, 5.74) is 7.56. The summed E-state index contributed by atoms with van der Waals surface area (Å²) in [5, 5.41) is 9.35. The van der Waals surface area contributed by atoms with Gasteiger partial charge in [-0.25, -0.2) is 0 Å². The van der Waals surface area contributed by atoms with Crippen molar-refractivity contribution >= 4 is 27.3 Å². The maximum atomic E-state index is 5.51. The average Bonchev–Trinajstić information content (AvgIpc) is 3.28. The van der Waals surface area contributed by atoms with E-state index in [1.165, 1.54) is 49.8 Å². The molecule has 1 aliphatic rings. The van der Waals surface area contributed by atoms with Crippen molar-refractivity contribution in [2.75, 3.05) is 0 Å². The maximum absolute atomic E-state index is 5.51. The van der Waals surface area contributed by atoms with Crippen molar-refractivity contribution in [3.8, 4) is 11.4 Å². The molecule has 0 amide bonds. The topological polar surface area (TPSA) is 21.9 Å². The van der Waals surface area contributed by atoms with Gasteiger partial charge < -0.3 is 0 Å². The van der Waals surface area contributed by atoms with E-state index in [1.54, 1.807) is 0 Å². The van der Waals surface area contributed by atoms with Crippen LogP contribution < -0.4 is 4.40 Å². The fourth-order valence-corrected chi connectivity index (χ4v) is 6.75. The second-order valence-electron chi connectivity index (χ2n) is 12.2. The summed E-state index contributed by atoms with van der Waals surface area (Å²) in [5.74, 6) is 1.20. The fourth-order valence-electron chi connectivity index (χ4n) is 6.75. The number of hydrogen-bond donors (Lipinski definition) is 0. The molecule has 3 aromatic carbocycles. The molecule has 0 saturated carbocycles. The molecule has 184 valence electrons. The number of aromatic nitrogens is 3. The molecule has 5 aromatic rings. The van der Waals surface area contributed by atoms with Crippen LogP contribution in [0.4, 0.5) is 0 Å². The standard InChI is InChI=1S/C33H38N3/c1-9-32(7)26-17-12-11-15-24(26)30-35-27-19-18-22(31(4,5)6)20-25(27)23-16-13-14-21(3)28(23)29(35)34-36(30)33(32,8)10-2/h11-20H,9-10H2,1-8H3/q+1. The maximum Gasteiger partial charge on any atom is 0.315 e. The third-order valence-electron chi connectivity index (χ3n) is 9.52. The lowest BCUT2D eigenvalue weighted by Crippen LogP contribution is -2.53. The molecule has 2 atom stereocenters. The van der Waals surface area contributed by atoms with Crippen molar-refractivity contribution < 1.29 is 4.40 Å². The lowest BCUT2D eigenvalue weighted by atomic mass is 9.61. The number of aryl methyl sites for hydroxylation is 1. The van der Waals surface area contributed by atoms with E-state index in [1.807, 2.05) is 0 Å². The molecular weight excluding hydrogens is 438 g/mol. The molecular formula is C33H38N3+. The number of pyridine rings is 1. The Kier molecular flexibility index (Phi) is 4.78. The van der Waals surface area contributed by atoms with E-state index in [0.29, 0.717) is 0 Å². The highest BCUT2D eigenvalue weighted by atomic mass is 15.4. The molecule has 3 nitrogen and oxygen atoms in total. The van der Waals surface area contributed by atoms with Gasteiger partial charge in [-0.3, -0.25) is 0 Å². The van der Waals surface area contributed by atoms with E-state index < -0.39 is 0 Å². The normalized spacial score (nSPS) is 21.8. The summed E-state index contributed by atoms with van der Waals surface area (Å²) in [6.45, 7) is 18.6. The van der Waals surface area contributed by atoms with E-state index in [2.05, 4.69) is 125 Å². The van der Waals surface area contributed by atoms with Crippen LogP contribution in [0.25, 0.3) is 38.7 Å². The first kappa shape index (κ1) is 23.2. The number of hydrogen-bond acceptors (Lipinski definition) is 1. The molecule has 0 bridgehead atoms. The summed E-state index contributed by atoms with van der Waals surface area (Å²) in [6, 6.07) is 22.8. The van der Waals surface area contributed by atoms with Gasteiger partial charge in [0.25, 0.3) is 5.82 Å². The first-order valence-electron chi connectivity index (χ1n) is 13.5. The highest BCUT2D eigenvalue weighted by Gasteiger charge is 2.56. The molecule has 0 radical (unpaired) electrons. The highest BCUT2D eigenvalue weighted by Crippen LogP contribution is 2.52. The van der Waals surface area contributed by atoms with E-state index in [9.17, 15) is 0 Å². The molecule has 2 unspecified atom stereocenters. The van der Waals surface area contributed by atoms with Gasteiger partial charge in [0.15, 0.2) is 0 Å². The fraction of sp³-hybridized carbons (Fsp3) is 0.394. The van der Waals surface area contributed by atoms with Gasteiger partial charge in [-0.05, 0) is 72.4 Å². The van der Waals surface area contributed by atoms with Crippen LogP contribution in [0.15, 0.2) is 60.7 Å². The van der Waals surface area contributed by atoms with Gasteiger partial charge in [0.2, 0.25) is 0 Å². The van der Waals surface area contributed by atoms with E-state index in [0.717, 1.165) is 18.5 Å². The Bertz CT molecular complexity index is 1680. The Morgan fingerprint density at radius 1 is 0.889 bits per heavy atom. The predicted octanol–water partition coefficient (Wildman–Crippen LogP) is 8.01. The molecule has 2 aromatic heterocycles. The Morgan fingerprint density at radius 3 is 2.33 bits per heavy atom. The predicted molar refractivity (Wildman–Crippen MR) is 151 cm³/mol. The van der Waals surface area contributed by atoms with Gasteiger partial charge in [0.05, 0.1) is 10.9 Å². The Morgan fingerprint density at radius 2 is 1.64 bits per heavy atom. The van der Waals surface area contributed by atoms with Crippen molar-refractivity contribution in [3.63, 3.8) is 0 Å². The van der Waals surface area contributed by atoms with Gasteiger partial charge >= 0.3 is 5.65 Å². The second-order valence-corrected chi connectivity index (χ2v) is 12.2. The third kappa shape index (κ3) is 2.75. The van der Waals surface area contributed by atoms with Crippen molar-refractivity contribution in [2.24, 2.45) is 0 Å². The number of fused-ring (bicyclic) bond motifs is 10. The van der Waals surface area contributed by atoms with Crippen LogP contribution in [0, 0.1) is 6.92 Å². The van der Waals surface area contributed by atoms with Crippen LogP contribution >= 0.6 is 0 Å². The average molecular weight is 477 g/mol. The van der Waals surface area contributed by atoms with Crippen LogP contribution in [0.3, 0.4) is 0 Å². The third-order valence-corrected chi connectivity index (χ3v) is 9.52. The molecule has 0 aliphatic carbocycles. The van der Waals surface area contributed by atoms with Crippen molar-refractivity contribution in [2.45, 2.75) is 84.6 Å². The summed E-state index contributed by atoms with van der Waals surface area (Å²) < 4.78 is 4.84. The van der Waals surface area contributed by atoms with Gasteiger partial charge in [-0.2, -0.15) is 4.40 Å². The smallest absolute Gasteiger partial charge is 0.189 e. The molecule has 3 heteroatoms. The van der Waals surface area contributed by atoms with Gasteiger partial charge in [-0.1, -0.05) is 88.7 Å². The molecule has 1 aliphatic heterocycles. The van der Waals surface area contributed by atoms with Gasteiger partial charge in [-0.15, -0.1) is 0 Å². The highest BCUT2D eigenvalue weighted by molar-refractivity contribution is 6.10. The zero-order valence-corrected chi connectivity index (χ0v) is 23.0. The van der Waals surface area contributed by atoms with E-state index in [4.69, 9.17) is 5.10 Å². The monoisotopic (exact) mass is 476 g/mol. The minimum atomic E-state index is -0.149. The van der Waals surface area contributed by atoms with Crippen LogP contribution in [-0.2, 0) is 16.4 Å². The first-order chi connectivity index (χ1) is 17.1. The Hall–Kier alpha value is -3.20. The SMILES string of the molecule is CCC1(C)c2ccccc2-c2n(nc3c4c(C)cccc4c4cc(C(C)(C)C)ccc4[n+]23)C1(C)CC. The minimum absolute atomic E-state index is 0.0198. The molecule has 0 fully saturated rings. The Labute approximate surface area is 214 Å². The summed E-state index contributed by atoms with van der Waals surface area (Å²) >= 11 is 0. The summed E-state index contributed by atoms with van der Waals surface area (Å²) in [4.78, 5) is 0.